The quantitative estimate of drug-likeness (QED) is 0.676. The summed E-state index contributed by atoms with van der Waals surface area (Å²) >= 11 is 5.35. The van der Waals surface area contributed by atoms with Crippen molar-refractivity contribution in [1.82, 2.24) is 0 Å². The maximum Gasteiger partial charge on any atom is 0.252 e. The van der Waals surface area contributed by atoms with Gasteiger partial charge in [0, 0.05) is 11.5 Å². The van der Waals surface area contributed by atoms with Crippen LogP contribution in [0.5, 0.6) is 0 Å². The minimum Gasteiger partial charge on any atom is -0.276 e. The minimum atomic E-state index is -0.408. The Kier molecular flexibility index (Phi) is 2.51. The highest BCUT2D eigenvalue weighted by Gasteiger charge is 2.07. The molecule has 1 aromatic carbocycles. The van der Waals surface area contributed by atoms with Crippen LogP contribution in [0.3, 0.4) is 0 Å². The zero-order valence-electron chi connectivity index (χ0n) is 7.48. The van der Waals surface area contributed by atoms with E-state index >= 15 is 0 Å². The largest absolute Gasteiger partial charge is 0.276 e. The molecule has 1 aromatic rings. The molecular weight excluding hydrogens is 196 g/mol. The van der Waals surface area contributed by atoms with Crippen molar-refractivity contribution in [2.75, 3.05) is 0 Å². The Bertz CT molecular complexity index is 389. The molecule has 70 valence electrons. The second kappa shape index (κ2) is 3.81. The standard InChI is InChI=1S/C12H9ClO/c13-12(14)11-7-5-10(6-8-11)9-3-1-2-4-9/h1-9H. The van der Waals surface area contributed by atoms with Gasteiger partial charge >= 0.3 is 0 Å². The zero-order valence-corrected chi connectivity index (χ0v) is 8.24. The second-order valence-electron chi connectivity index (χ2n) is 3.19. The molecule has 0 unspecified atom stereocenters. The van der Waals surface area contributed by atoms with Gasteiger partial charge in [-0.25, -0.2) is 0 Å². The van der Waals surface area contributed by atoms with Gasteiger partial charge in [-0.2, -0.15) is 0 Å². The molecule has 0 bridgehead atoms. The summed E-state index contributed by atoms with van der Waals surface area (Å²) in [6.45, 7) is 0. The Morgan fingerprint density at radius 2 is 1.64 bits per heavy atom. The van der Waals surface area contributed by atoms with E-state index in [0.717, 1.165) is 0 Å². The van der Waals surface area contributed by atoms with Gasteiger partial charge in [0.15, 0.2) is 0 Å². The van der Waals surface area contributed by atoms with E-state index in [-0.39, 0.29) is 0 Å². The molecule has 0 saturated carbocycles. The van der Waals surface area contributed by atoms with Crippen molar-refractivity contribution in [2.45, 2.75) is 5.92 Å². The monoisotopic (exact) mass is 204 g/mol. The van der Waals surface area contributed by atoms with Crippen LogP contribution in [-0.2, 0) is 0 Å². The van der Waals surface area contributed by atoms with Gasteiger partial charge < -0.3 is 0 Å². The first-order chi connectivity index (χ1) is 6.77. The molecule has 0 aromatic heterocycles. The highest BCUT2D eigenvalue weighted by molar-refractivity contribution is 6.67. The number of hydrogen-bond acceptors (Lipinski definition) is 1. The molecule has 0 radical (unpaired) electrons. The van der Waals surface area contributed by atoms with Crippen molar-refractivity contribution < 1.29 is 4.79 Å². The number of hydrogen-bond donors (Lipinski definition) is 0. The Balaban J connectivity index is 2.25. The topological polar surface area (TPSA) is 17.1 Å². The molecule has 0 spiro atoms. The van der Waals surface area contributed by atoms with Gasteiger partial charge in [-0.05, 0) is 29.3 Å². The summed E-state index contributed by atoms with van der Waals surface area (Å²) in [5, 5.41) is -0.408. The van der Waals surface area contributed by atoms with Crippen LogP contribution in [0.25, 0.3) is 0 Å². The summed E-state index contributed by atoms with van der Waals surface area (Å²) in [5.41, 5.74) is 1.72. The third kappa shape index (κ3) is 1.78. The molecule has 1 nitrogen and oxygen atoms in total. The minimum absolute atomic E-state index is 0.342. The van der Waals surface area contributed by atoms with Crippen LogP contribution in [0.15, 0.2) is 48.6 Å². The number of allylic oxidation sites excluding steroid dienone is 4. The Morgan fingerprint density at radius 1 is 1.07 bits per heavy atom. The summed E-state index contributed by atoms with van der Waals surface area (Å²) in [4.78, 5) is 10.8. The van der Waals surface area contributed by atoms with Crippen LogP contribution in [0.2, 0.25) is 0 Å². The van der Waals surface area contributed by atoms with E-state index in [2.05, 4.69) is 12.2 Å². The van der Waals surface area contributed by atoms with Gasteiger partial charge in [0.2, 0.25) is 0 Å². The van der Waals surface area contributed by atoms with Crippen molar-refractivity contribution in [3.63, 3.8) is 0 Å². The molecule has 1 aliphatic rings. The lowest BCUT2D eigenvalue weighted by Crippen LogP contribution is -1.92. The fourth-order valence-electron chi connectivity index (χ4n) is 1.49. The SMILES string of the molecule is O=C(Cl)c1ccc(C2C=CC=C2)cc1. The van der Waals surface area contributed by atoms with Crippen molar-refractivity contribution >= 4 is 16.8 Å². The molecule has 0 fully saturated rings. The van der Waals surface area contributed by atoms with Crippen molar-refractivity contribution in [2.24, 2.45) is 0 Å². The Morgan fingerprint density at radius 3 is 2.14 bits per heavy atom. The zero-order chi connectivity index (χ0) is 9.97. The molecule has 14 heavy (non-hydrogen) atoms. The maximum absolute atomic E-state index is 10.8. The van der Waals surface area contributed by atoms with E-state index in [1.54, 1.807) is 12.1 Å². The van der Waals surface area contributed by atoms with E-state index in [4.69, 9.17) is 11.6 Å². The maximum atomic E-state index is 10.8. The summed E-state index contributed by atoms with van der Waals surface area (Å²) in [6.07, 6.45) is 8.26. The molecule has 0 saturated heterocycles. The fraction of sp³-hybridized carbons (Fsp3) is 0.0833. The fourth-order valence-corrected chi connectivity index (χ4v) is 1.62. The molecular formula is C12H9ClO. The van der Waals surface area contributed by atoms with Crippen molar-refractivity contribution in [3.8, 4) is 0 Å². The van der Waals surface area contributed by atoms with Gasteiger partial charge in [0.1, 0.15) is 0 Å². The lowest BCUT2D eigenvalue weighted by molar-refractivity contribution is 0.108. The smallest absolute Gasteiger partial charge is 0.252 e. The number of carbonyl (C=O) groups excluding carboxylic acids is 1. The average molecular weight is 205 g/mol. The highest BCUT2D eigenvalue weighted by Crippen LogP contribution is 2.23. The molecule has 2 rings (SSSR count). The van der Waals surface area contributed by atoms with Crippen molar-refractivity contribution in [3.05, 3.63) is 59.7 Å². The first-order valence-corrected chi connectivity index (χ1v) is 4.80. The van der Waals surface area contributed by atoms with Crippen LogP contribution >= 0.6 is 11.6 Å². The third-order valence-corrected chi connectivity index (χ3v) is 2.49. The van der Waals surface area contributed by atoms with Crippen molar-refractivity contribution in [1.29, 1.82) is 0 Å². The summed E-state index contributed by atoms with van der Waals surface area (Å²) in [7, 11) is 0. The van der Waals surface area contributed by atoms with Gasteiger partial charge in [-0.3, -0.25) is 4.79 Å². The van der Waals surface area contributed by atoms with Crippen LogP contribution in [0.4, 0.5) is 0 Å². The van der Waals surface area contributed by atoms with Crippen LogP contribution < -0.4 is 0 Å². The van der Waals surface area contributed by atoms with Gasteiger partial charge in [-0.15, -0.1) is 0 Å². The van der Waals surface area contributed by atoms with Gasteiger partial charge in [0.05, 0.1) is 0 Å². The Hall–Kier alpha value is -1.34. The Labute approximate surface area is 87.7 Å². The third-order valence-electron chi connectivity index (χ3n) is 2.27. The number of rotatable bonds is 2. The normalized spacial score (nSPS) is 14.9. The lowest BCUT2D eigenvalue weighted by atomic mass is 10.00. The summed E-state index contributed by atoms with van der Waals surface area (Å²) < 4.78 is 0. The molecule has 0 amide bonds. The number of halogens is 1. The lowest BCUT2D eigenvalue weighted by Gasteiger charge is -2.05. The van der Waals surface area contributed by atoms with Crippen LogP contribution in [0, 0.1) is 0 Å². The molecule has 0 aliphatic heterocycles. The van der Waals surface area contributed by atoms with E-state index in [1.807, 2.05) is 24.3 Å². The van der Waals surface area contributed by atoms with E-state index in [0.29, 0.717) is 11.5 Å². The molecule has 0 heterocycles. The predicted octanol–water partition coefficient (Wildman–Crippen LogP) is 3.28. The average Bonchev–Trinajstić information content (AvgIpc) is 2.71. The van der Waals surface area contributed by atoms with E-state index < -0.39 is 5.24 Å². The summed E-state index contributed by atoms with van der Waals surface area (Å²) in [6, 6.07) is 7.37. The summed E-state index contributed by atoms with van der Waals surface area (Å²) in [5.74, 6) is 0.342. The van der Waals surface area contributed by atoms with Gasteiger partial charge in [-0.1, -0.05) is 36.4 Å². The van der Waals surface area contributed by atoms with Crippen LogP contribution in [-0.4, -0.2) is 5.24 Å². The second-order valence-corrected chi connectivity index (χ2v) is 3.53. The predicted molar refractivity (Wildman–Crippen MR) is 57.6 cm³/mol. The van der Waals surface area contributed by atoms with Crippen LogP contribution in [0.1, 0.15) is 21.8 Å². The highest BCUT2D eigenvalue weighted by atomic mass is 35.5. The van der Waals surface area contributed by atoms with E-state index in [1.165, 1.54) is 5.56 Å². The molecule has 0 N–H and O–H groups in total. The number of benzene rings is 1. The van der Waals surface area contributed by atoms with E-state index in [9.17, 15) is 4.79 Å². The first kappa shape index (κ1) is 9.22. The molecule has 0 atom stereocenters. The molecule has 2 heteroatoms. The first-order valence-electron chi connectivity index (χ1n) is 4.42. The number of carbonyl (C=O) groups is 1. The van der Waals surface area contributed by atoms with Gasteiger partial charge in [0.25, 0.3) is 5.24 Å². The molecule has 1 aliphatic carbocycles.